The summed E-state index contributed by atoms with van der Waals surface area (Å²) >= 11 is 0. The number of nitroso groups, excluding NO2 is 1. The molecule has 3 heteroatoms. The van der Waals surface area contributed by atoms with Crippen LogP contribution >= 0.6 is 0 Å². The maximum Gasteiger partial charge on any atom is 0.286 e. The molecule has 0 aliphatic carbocycles. The lowest BCUT2D eigenvalue weighted by molar-refractivity contribution is -0.119. The molecule has 0 N–H and O–H groups in total. The summed E-state index contributed by atoms with van der Waals surface area (Å²) in [6, 6.07) is 0. The van der Waals surface area contributed by atoms with Crippen molar-refractivity contribution in [3.63, 3.8) is 0 Å². The molecule has 0 bridgehead atoms. The van der Waals surface area contributed by atoms with E-state index in [0.29, 0.717) is 18.3 Å². The van der Waals surface area contributed by atoms with Gasteiger partial charge < -0.3 is 0 Å². The third kappa shape index (κ3) is 4.21. The summed E-state index contributed by atoms with van der Waals surface area (Å²) in [5.74, 6) is 0.262. The zero-order chi connectivity index (χ0) is 9.56. The molecule has 0 radical (unpaired) electrons. The molecule has 1 unspecified atom stereocenters. The van der Waals surface area contributed by atoms with Crippen LogP contribution in [-0.2, 0) is 4.79 Å². The molecule has 0 rings (SSSR count). The van der Waals surface area contributed by atoms with Crippen molar-refractivity contribution < 1.29 is 4.79 Å². The second kappa shape index (κ2) is 5.86. The summed E-state index contributed by atoms with van der Waals surface area (Å²) in [5, 5.41) is 2.40. The molecule has 0 aromatic carbocycles. The number of carbonyl (C=O) groups is 1. The van der Waals surface area contributed by atoms with Crippen LogP contribution in [0.15, 0.2) is 5.18 Å². The normalized spacial score (nSPS) is 13.0. The predicted molar refractivity (Wildman–Crippen MR) is 48.7 cm³/mol. The van der Waals surface area contributed by atoms with Crippen molar-refractivity contribution in [3.8, 4) is 0 Å². The Morgan fingerprint density at radius 1 is 1.42 bits per heavy atom. The van der Waals surface area contributed by atoms with E-state index in [1.54, 1.807) is 0 Å². The Morgan fingerprint density at radius 3 is 2.33 bits per heavy atom. The monoisotopic (exact) mass is 171 g/mol. The molecule has 0 aromatic rings. The fraction of sp³-hybridized carbons (Fsp3) is 0.889. The van der Waals surface area contributed by atoms with E-state index in [1.165, 1.54) is 0 Å². The van der Waals surface area contributed by atoms with Crippen LogP contribution in [0.25, 0.3) is 0 Å². The SMILES string of the molecule is CCCC(CC(=O)N=O)C(C)C. The smallest absolute Gasteiger partial charge is 0.269 e. The maximum absolute atomic E-state index is 10.7. The van der Waals surface area contributed by atoms with Gasteiger partial charge in [0.05, 0.1) is 0 Å². The summed E-state index contributed by atoms with van der Waals surface area (Å²) in [6.07, 6.45) is 2.36. The lowest BCUT2D eigenvalue weighted by atomic mass is 9.88. The molecule has 70 valence electrons. The summed E-state index contributed by atoms with van der Waals surface area (Å²) in [4.78, 5) is 20.6. The molecule has 0 saturated carbocycles. The van der Waals surface area contributed by atoms with Crippen molar-refractivity contribution >= 4 is 5.91 Å². The number of rotatable bonds is 5. The Labute approximate surface area is 73.5 Å². The Hall–Kier alpha value is -0.730. The van der Waals surface area contributed by atoms with Gasteiger partial charge in [-0.05, 0) is 18.3 Å². The first-order chi connectivity index (χ1) is 5.61. The van der Waals surface area contributed by atoms with Crippen molar-refractivity contribution in [2.24, 2.45) is 17.0 Å². The second-order valence-electron chi connectivity index (χ2n) is 3.48. The van der Waals surface area contributed by atoms with Crippen molar-refractivity contribution in [3.05, 3.63) is 4.91 Å². The molecule has 12 heavy (non-hydrogen) atoms. The summed E-state index contributed by atoms with van der Waals surface area (Å²) < 4.78 is 0. The topological polar surface area (TPSA) is 46.5 Å². The van der Waals surface area contributed by atoms with Gasteiger partial charge in [0.1, 0.15) is 0 Å². The lowest BCUT2D eigenvalue weighted by Gasteiger charge is -2.17. The standard InChI is InChI=1S/C9H17NO2/c1-4-5-8(7(2)3)6-9(11)10-12/h7-8H,4-6H2,1-3H3. The molecule has 3 nitrogen and oxygen atoms in total. The van der Waals surface area contributed by atoms with Crippen LogP contribution < -0.4 is 0 Å². The molecular weight excluding hydrogens is 154 g/mol. The van der Waals surface area contributed by atoms with Gasteiger partial charge in [-0.15, -0.1) is 4.91 Å². The molecule has 0 spiro atoms. The first-order valence-electron chi connectivity index (χ1n) is 4.48. The van der Waals surface area contributed by atoms with E-state index in [0.717, 1.165) is 12.8 Å². The Bertz CT molecular complexity index is 155. The fourth-order valence-electron chi connectivity index (χ4n) is 1.30. The lowest BCUT2D eigenvalue weighted by Crippen LogP contribution is -2.12. The molecule has 0 heterocycles. The highest BCUT2D eigenvalue weighted by Gasteiger charge is 2.16. The molecule has 1 atom stereocenters. The van der Waals surface area contributed by atoms with Gasteiger partial charge in [0.2, 0.25) is 0 Å². The van der Waals surface area contributed by atoms with Gasteiger partial charge in [-0.1, -0.05) is 27.2 Å². The molecule has 0 aliphatic rings. The van der Waals surface area contributed by atoms with Gasteiger partial charge in [0.25, 0.3) is 5.91 Å². The number of nitrogens with zero attached hydrogens (tertiary/aromatic N) is 1. The Kier molecular flexibility index (Phi) is 5.51. The van der Waals surface area contributed by atoms with Crippen LogP contribution in [0.1, 0.15) is 40.0 Å². The van der Waals surface area contributed by atoms with Gasteiger partial charge in [0.15, 0.2) is 0 Å². The summed E-state index contributed by atoms with van der Waals surface area (Å²) in [6.45, 7) is 6.21. The minimum absolute atomic E-state index is 0.314. The first kappa shape index (κ1) is 11.3. The van der Waals surface area contributed by atoms with Crippen LogP contribution in [0, 0.1) is 16.7 Å². The zero-order valence-corrected chi connectivity index (χ0v) is 8.04. The van der Waals surface area contributed by atoms with Crippen LogP contribution in [0.4, 0.5) is 0 Å². The second-order valence-corrected chi connectivity index (χ2v) is 3.48. The average Bonchev–Trinajstić information content (AvgIpc) is 2.03. The van der Waals surface area contributed by atoms with Gasteiger partial charge in [-0.25, -0.2) is 0 Å². The highest BCUT2D eigenvalue weighted by atomic mass is 16.3. The maximum atomic E-state index is 10.7. The minimum Gasteiger partial charge on any atom is -0.269 e. The highest BCUT2D eigenvalue weighted by Crippen LogP contribution is 2.21. The van der Waals surface area contributed by atoms with Crippen LogP contribution in [0.3, 0.4) is 0 Å². The minimum atomic E-state index is -0.512. The van der Waals surface area contributed by atoms with Gasteiger partial charge >= 0.3 is 0 Å². The van der Waals surface area contributed by atoms with E-state index < -0.39 is 5.91 Å². The van der Waals surface area contributed by atoms with Crippen LogP contribution in [0.2, 0.25) is 0 Å². The summed E-state index contributed by atoms with van der Waals surface area (Å²) in [5.41, 5.74) is 0. The van der Waals surface area contributed by atoms with Crippen molar-refractivity contribution in [1.29, 1.82) is 0 Å². The molecule has 0 aliphatic heterocycles. The van der Waals surface area contributed by atoms with Gasteiger partial charge in [-0.3, -0.25) is 4.79 Å². The summed E-state index contributed by atoms with van der Waals surface area (Å²) in [7, 11) is 0. The first-order valence-corrected chi connectivity index (χ1v) is 4.48. The molecule has 0 fully saturated rings. The molecule has 1 amide bonds. The van der Waals surface area contributed by atoms with E-state index in [9.17, 15) is 9.70 Å². The van der Waals surface area contributed by atoms with Gasteiger partial charge in [0, 0.05) is 11.6 Å². The van der Waals surface area contributed by atoms with Crippen LogP contribution in [0.5, 0.6) is 0 Å². The average molecular weight is 171 g/mol. The third-order valence-corrected chi connectivity index (χ3v) is 2.14. The molecule has 0 saturated heterocycles. The quantitative estimate of drug-likeness (QED) is 0.597. The highest BCUT2D eigenvalue weighted by molar-refractivity contribution is 5.76. The van der Waals surface area contributed by atoms with Crippen LogP contribution in [-0.4, -0.2) is 5.91 Å². The number of carbonyl (C=O) groups excluding carboxylic acids is 1. The van der Waals surface area contributed by atoms with Crippen molar-refractivity contribution in [1.82, 2.24) is 0 Å². The van der Waals surface area contributed by atoms with E-state index in [1.807, 2.05) is 0 Å². The van der Waals surface area contributed by atoms with Gasteiger partial charge in [-0.2, -0.15) is 0 Å². The van der Waals surface area contributed by atoms with E-state index in [4.69, 9.17) is 0 Å². The van der Waals surface area contributed by atoms with Crippen molar-refractivity contribution in [2.45, 2.75) is 40.0 Å². The van der Waals surface area contributed by atoms with E-state index in [2.05, 4.69) is 25.9 Å². The molecule has 0 aromatic heterocycles. The largest absolute Gasteiger partial charge is 0.286 e. The number of hydrogen-bond donors (Lipinski definition) is 0. The van der Waals surface area contributed by atoms with E-state index >= 15 is 0 Å². The molecular formula is C9H17NO2. The number of hydrogen-bond acceptors (Lipinski definition) is 2. The predicted octanol–water partition coefficient (Wildman–Crippen LogP) is 2.74. The number of amides is 1. The van der Waals surface area contributed by atoms with Crippen molar-refractivity contribution in [2.75, 3.05) is 0 Å². The Balaban J connectivity index is 3.94. The third-order valence-electron chi connectivity index (χ3n) is 2.14. The Morgan fingerprint density at radius 2 is 2.00 bits per heavy atom. The fourth-order valence-corrected chi connectivity index (χ4v) is 1.30. The zero-order valence-electron chi connectivity index (χ0n) is 8.04. The van der Waals surface area contributed by atoms with E-state index in [-0.39, 0.29) is 0 Å².